The molecule has 0 fully saturated rings. The number of nitrogens with zero attached hydrogens (tertiary/aromatic N) is 1. The molecule has 2 aromatic rings. The molecule has 0 heterocycles. The van der Waals surface area contributed by atoms with Gasteiger partial charge in [-0.25, -0.2) is 5.43 Å². The van der Waals surface area contributed by atoms with Gasteiger partial charge in [0.15, 0.2) is 0 Å². The molecule has 1 amide bonds. The number of hydrogen-bond donors (Lipinski definition) is 1. The zero-order valence-corrected chi connectivity index (χ0v) is 15.6. The van der Waals surface area contributed by atoms with Crippen molar-refractivity contribution in [3.05, 3.63) is 59.2 Å². The van der Waals surface area contributed by atoms with Gasteiger partial charge in [-0.1, -0.05) is 32.0 Å². The molecule has 26 heavy (non-hydrogen) atoms. The number of carbonyl (C=O) groups is 1. The minimum atomic E-state index is -0.238. The average Bonchev–Trinajstić information content (AvgIpc) is 2.66. The van der Waals surface area contributed by atoms with Gasteiger partial charge in [-0.3, -0.25) is 4.79 Å². The molecule has 0 aliphatic rings. The molecule has 0 bridgehead atoms. The molecule has 138 valence electrons. The smallest absolute Gasteiger partial charge is 0.271 e. The SMILES string of the molecule is CCCOc1ccc(/C=N\NC(=O)c2ccccc2C)c(OCCC)c1. The van der Waals surface area contributed by atoms with Crippen LogP contribution in [0.5, 0.6) is 11.5 Å². The number of hydrazone groups is 1. The Labute approximate surface area is 155 Å². The predicted molar refractivity (Wildman–Crippen MR) is 104 cm³/mol. The van der Waals surface area contributed by atoms with E-state index in [0.717, 1.165) is 29.7 Å². The van der Waals surface area contributed by atoms with E-state index >= 15 is 0 Å². The van der Waals surface area contributed by atoms with Crippen molar-refractivity contribution in [3.8, 4) is 11.5 Å². The third-order valence-corrected chi connectivity index (χ3v) is 3.68. The van der Waals surface area contributed by atoms with Crippen molar-refractivity contribution in [1.29, 1.82) is 0 Å². The Morgan fingerprint density at radius 3 is 2.54 bits per heavy atom. The number of carbonyl (C=O) groups excluding carboxylic acids is 1. The summed E-state index contributed by atoms with van der Waals surface area (Å²) in [5.74, 6) is 1.21. The summed E-state index contributed by atoms with van der Waals surface area (Å²) in [5.41, 5.74) is 4.86. The molecule has 2 aromatic carbocycles. The summed E-state index contributed by atoms with van der Waals surface area (Å²) in [4.78, 5) is 12.2. The van der Waals surface area contributed by atoms with Crippen molar-refractivity contribution in [2.75, 3.05) is 13.2 Å². The summed E-state index contributed by atoms with van der Waals surface area (Å²) in [6.45, 7) is 7.27. The maximum atomic E-state index is 12.2. The zero-order chi connectivity index (χ0) is 18.8. The Kier molecular flexibility index (Phi) is 7.68. The van der Waals surface area contributed by atoms with Crippen LogP contribution in [-0.2, 0) is 0 Å². The molecule has 0 atom stereocenters. The highest BCUT2D eigenvalue weighted by Gasteiger charge is 2.08. The average molecular weight is 354 g/mol. The molecule has 1 N–H and O–H groups in total. The first-order valence-corrected chi connectivity index (χ1v) is 8.94. The van der Waals surface area contributed by atoms with E-state index < -0.39 is 0 Å². The summed E-state index contributed by atoms with van der Waals surface area (Å²) in [6.07, 6.45) is 3.44. The lowest BCUT2D eigenvalue weighted by atomic mass is 10.1. The van der Waals surface area contributed by atoms with Gasteiger partial charge in [0.2, 0.25) is 0 Å². The highest BCUT2D eigenvalue weighted by Crippen LogP contribution is 2.24. The van der Waals surface area contributed by atoms with Crippen LogP contribution in [0.2, 0.25) is 0 Å². The molecule has 0 aliphatic heterocycles. The third-order valence-electron chi connectivity index (χ3n) is 3.68. The van der Waals surface area contributed by atoms with Gasteiger partial charge in [-0.05, 0) is 43.5 Å². The van der Waals surface area contributed by atoms with Crippen LogP contribution in [0.3, 0.4) is 0 Å². The molecule has 0 saturated carbocycles. The van der Waals surface area contributed by atoms with Crippen LogP contribution in [0, 0.1) is 6.92 Å². The number of hydrogen-bond acceptors (Lipinski definition) is 4. The Bertz CT molecular complexity index is 757. The molecule has 0 aromatic heterocycles. The molecule has 5 nitrogen and oxygen atoms in total. The van der Waals surface area contributed by atoms with E-state index in [1.54, 1.807) is 12.3 Å². The van der Waals surface area contributed by atoms with E-state index in [2.05, 4.69) is 17.5 Å². The summed E-state index contributed by atoms with van der Waals surface area (Å²) >= 11 is 0. The maximum absolute atomic E-state index is 12.2. The van der Waals surface area contributed by atoms with Crippen LogP contribution in [0.4, 0.5) is 0 Å². The molecule has 0 unspecified atom stereocenters. The first kappa shape index (κ1) is 19.5. The lowest BCUT2D eigenvalue weighted by Crippen LogP contribution is -2.18. The maximum Gasteiger partial charge on any atom is 0.271 e. The number of ether oxygens (including phenoxy) is 2. The Hall–Kier alpha value is -2.82. The highest BCUT2D eigenvalue weighted by molar-refractivity contribution is 5.96. The van der Waals surface area contributed by atoms with Crippen molar-refractivity contribution >= 4 is 12.1 Å². The summed E-state index contributed by atoms with van der Waals surface area (Å²) in [5, 5.41) is 4.07. The molecule has 5 heteroatoms. The van der Waals surface area contributed by atoms with Crippen molar-refractivity contribution in [2.24, 2.45) is 5.10 Å². The van der Waals surface area contributed by atoms with Crippen LogP contribution < -0.4 is 14.9 Å². The predicted octanol–water partition coefficient (Wildman–Crippen LogP) is 4.34. The Morgan fingerprint density at radius 2 is 1.81 bits per heavy atom. The van der Waals surface area contributed by atoms with Gasteiger partial charge >= 0.3 is 0 Å². The van der Waals surface area contributed by atoms with E-state index in [1.807, 2.05) is 50.2 Å². The fraction of sp³-hybridized carbons (Fsp3) is 0.333. The number of benzene rings is 2. The molecule has 2 rings (SSSR count). The molecule has 0 radical (unpaired) electrons. The van der Waals surface area contributed by atoms with Crippen LogP contribution >= 0.6 is 0 Å². The number of amides is 1. The van der Waals surface area contributed by atoms with E-state index in [0.29, 0.717) is 24.5 Å². The molecule has 0 aliphatic carbocycles. The van der Waals surface area contributed by atoms with Gasteiger partial charge in [0.1, 0.15) is 11.5 Å². The fourth-order valence-electron chi connectivity index (χ4n) is 2.32. The normalized spacial score (nSPS) is 10.7. The lowest BCUT2D eigenvalue weighted by molar-refractivity contribution is 0.0954. The second-order valence-electron chi connectivity index (χ2n) is 5.91. The van der Waals surface area contributed by atoms with Crippen LogP contribution in [0.25, 0.3) is 0 Å². The van der Waals surface area contributed by atoms with E-state index in [-0.39, 0.29) is 5.91 Å². The minimum absolute atomic E-state index is 0.238. The molecular weight excluding hydrogens is 328 g/mol. The molecule has 0 saturated heterocycles. The Balaban J connectivity index is 2.09. The lowest BCUT2D eigenvalue weighted by Gasteiger charge is -2.11. The van der Waals surface area contributed by atoms with Crippen LogP contribution in [-0.4, -0.2) is 25.3 Å². The van der Waals surface area contributed by atoms with Crippen molar-refractivity contribution < 1.29 is 14.3 Å². The quantitative estimate of drug-likeness (QED) is 0.538. The number of aryl methyl sites for hydroxylation is 1. The summed E-state index contributed by atoms with van der Waals surface area (Å²) in [7, 11) is 0. The van der Waals surface area contributed by atoms with E-state index in [9.17, 15) is 4.79 Å². The van der Waals surface area contributed by atoms with Gasteiger partial charge in [-0.2, -0.15) is 5.10 Å². The second kappa shape index (κ2) is 10.2. The standard InChI is InChI=1S/C21H26N2O3/c1-4-12-25-18-11-10-17(20(14-18)26-13-5-2)15-22-23-21(24)19-9-7-6-8-16(19)3/h6-11,14-15H,4-5,12-13H2,1-3H3,(H,23,24)/b22-15-. The Morgan fingerprint density at radius 1 is 1.08 bits per heavy atom. The van der Waals surface area contributed by atoms with Crippen molar-refractivity contribution in [1.82, 2.24) is 5.43 Å². The largest absolute Gasteiger partial charge is 0.493 e. The van der Waals surface area contributed by atoms with E-state index in [4.69, 9.17) is 9.47 Å². The number of rotatable bonds is 9. The topological polar surface area (TPSA) is 59.9 Å². The third kappa shape index (κ3) is 5.62. The first-order valence-electron chi connectivity index (χ1n) is 8.94. The van der Waals surface area contributed by atoms with E-state index in [1.165, 1.54) is 0 Å². The van der Waals surface area contributed by atoms with Gasteiger partial charge < -0.3 is 9.47 Å². The van der Waals surface area contributed by atoms with Gasteiger partial charge in [0.05, 0.1) is 19.4 Å². The minimum Gasteiger partial charge on any atom is -0.493 e. The fourth-order valence-corrected chi connectivity index (χ4v) is 2.32. The summed E-state index contributed by atoms with van der Waals surface area (Å²) < 4.78 is 11.4. The molecule has 0 spiro atoms. The van der Waals surface area contributed by atoms with Crippen LogP contribution in [0.1, 0.15) is 48.2 Å². The van der Waals surface area contributed by atoms with Crippen molar-refractivity contribution in [3.63, 3.8) is 0 Å². The first-order chi connectivity index (χ1) is 12.7. The highest BCUT2D eigenvalue weighted by atomic mass is 16.5. The number of nitrogens with one attached hydrogen (secondary N) is 1. The molecular formula is C21H26N2O3. The van der Waals surface area contributed by atoms with Gasteiger partial charge in [0, 0.05) is 17.2 Å². The van der Waals surface area contributed by atoms with Crippen LogP contribution in [0.15, 0.2) is 47.6 Å². The van der Waals surface area contributed by atoms with Crippen molar-refractivity contribution in [2.45, 2.75) is 33.6 Å². The summed E-state index contributed by atoms with van der Waals surface area (Å²) in [6, 6.07) is 13.0. The van der Waals surface area contributed by atoms with Gasteiger partial charge in [-0.15, -0.1) is 0 Å². The second-order valence-corrected chi connectivity index (χ2v) is 5.91. The monoisotopic (exact) mass is 354 g/mol. The zero-order valence-electron chi connectivity index (χ0n) is 15.6. The van der Waals surface area contributed by atoms with Gasteiger partial charge in [0.25, 0.3) is 5.91 Å².